The number of halogens is 1. The minimum absolute atomic E-state index is 0.0944. The Morgan fingerprint density at radius 1 is 1.00 bits per heavy atom. The maximum atomic E-state index is 12.9. The highest BCUT2D eigenvalue weighted by atomic mass is 35.5. The summed E-state index contributed by atoms with van der Waals surface area (Å²) < 4.78 is 5.80. The Hall–Kier alpha value is -2.79. The number of carbonyl (C=O) groups is 1. The fourth-order valence-electron chi connectivity index (χ4n) is 3.51. The monoisotopic (exact) mass is 396 g/mol. The molecule has 0 aliphatic carbocycles. The van der Waals surface area contributed by atoms with Gasteiger partial charge in [-0.05, 0) is 55.3 Å². The number of rotatable bonds is 2. The van der Waals surface area contributed by atoms with Crippen LogP contribution in [0.2, 0.25) is 5.02 Å². The number of carbonyl (C=O) groups excluding carboxylic acids is 1. The second-order valence-corrected chi connectivity index (χ2v) is 7.60. The second kappa shape index (κ2) is 7.32. The first-order valence-electron chi connectivity index (χ1n) is 9.27. The minimum atomic E-state index is -0.247. The van der Waals surface area contributed by atoms with Crippen molar-refractivity contribution in [3.8, 4) is 0 Å². The molecule has 1 fully saturated rings. The van der Waals surface area contributed by atoms with Crippen LogP contribution in [-0.4, -0.2) is 37.0 Å². The van der Waals surface area contributed by atoms with Gasteiger partial charge in [0.2, 0.25) is 0 Å². The Kier molecular flexibility index (Phi) is 4.85. The Morgan fingerprint density at radius 2 is 1.71 bits per heavy atom. The summed E-state index contributed by atoms with van der Waals surface area (Å²) in [6.07, 6.45) is 0. The van der Waals surface area contributed by atoms with Crippen LogP contribution in [0.1, 0.15) is 21.7 Å². The van der Waals surface area contributed by atoms with Gasteiger partial charge in [0, 0.05) is 43.0 Å². The fourth-order valence-corrected chi connectivity index (χ4v) is 3.70. The van der Waals surface area contributed by atoms with Gasteiger partial charge in [-0.25, -0.2) is 0 Å². The molecule has 0 unspecified atom stereocenters. The maximum Gasteiger partial charge on any atom is 0.289 e. The zero-order valence-electron chi connectivity index (χ0n) is 15.9. The van der Waals surface area contributed by atoms with Crippen molar-refractivity contribution in [3.63, 3.8) is 0 Å². The van der Waals surface area contributed by atoms with Crippen LogP contribution in [0.15, 0.2) is 51.7 Å². The van der Waals surface area contributed by atoms with Gasteiger partial charge in [0.25, 0.3) is 5.91 Å². The van der Waals surface area contributed by atoms with E-state index in [2.05, 4.69) is 4.90 Å². The molecule has 0 spiro atoms. The summed E-state index contributed by atoms with van der Waals surface area (Å²) in [4.78, 5) is 29.3. The molecule has 6 heteroatoms. The molecule has 144 valence electrons. The second-order valence-electron chi connectivity index (χ2n) is 7.17. The zero-order chi connectivity index (χ0) is 19.8. The van der Waals surface area contributed by atoms with Crippen molar-refractivity contribution in [2.75, 3.05) is 31.1 Å². The highest BCUT2D eigenvalue weighted by Crippen LogP contribution is 2.22. The van der Waals surface area contributed by atoms with E-state index in [9.17, 15) is 9.59 Å². The maximum absolute atomic E-state index is 12.9. The molecule has 0 N–H and O–H groups in total. The molecule has 3 aromatic rings. The van der Waals surface area contributed by atoms with E-state index in [0.29, 0.717) is 42.2 Å². The normalized spacial score (nSPS) is 14.5. The standard InChI is InChI=1S/C22H21ClN2O3/c1-14-10-18-19(26)13-21(28-20(18)11-15(14)2)22(27)25-8-6-24(7-9-25)17-5-3-4-16(23)12-17/h3-5,10-13H,6-9H2,1-2H3. The van der Waals surface area contributed by atoms with Crippen molar-refractivity contribution in [3.05, 3.63) is 74.6 Å². The van der Waals surface area contributed by atoms with E-state index in [-0.39, 0.29) is 17.1 Å². The lowest BCUT2D eigenvalue weighted by Crippen LogP contribution is -2.48. The number of hydrogen-bond donors (Lipinski definition) is 0. The zero-order valence-corrected chi connectivity index (χ0v) is 16.6. The Labute approximate surface area is 168 Å². The summed E-state index contributed by atoms with van der Waals surface area (Å²) in [6, 6.07) is 12.6. The van der Waals surface area contributed by atoms with E-state index in [0.717, 1.165) is 16.8 Å². The number of anilines is 1. The van der Waals surface area contributed by atoms with Crippen LogP contribution < -0.4 is 10.3 Å². The van der Waals surface area contributed by atoms with Gasteiger partial charge in [0.05, 0.1) is 5.39 Å². The summed E-state index contributed by atoms with van der Waals surface area (Å²) >= 11 is 6.07. The number of nitrogens with zero attached hydrogens (tertiary/aromatic N) is 2. The lowest BCUT2D eigenvalue weighted by atomic mass is 10.1. The highest BCUT2D eigenvalue weighted by molar-refractivity contribution is 6.30. The third-order valence-electron chi connectivity index (χ3n) is 5.29. The fraction of sp³-hybridized carbons (Fsp3) is 0.273. The Bertz CT molecular complexity index is 1110. The van der Waals surface area contributed by atoms with Crippen LogP contribution in [0.5, 0.6) is 0 Å². The number of amides is 1. The van der Waals surface area contributed by atoms with E-state index in [1.165, 1.54) is 6.07 Å². The van der Waals surface area contributed by atoms with Gasteiger partial charge >= 0.3 is 0 Å². The molecular weight excluding hydrogens is 376 g/mol. The summed E-state index contributed by atoms with van der Waals surface area (Å²) in [5, 5.41) is 1.20. The van der Waals surface area contributed by atoms with Gasteiger partial charge in [0.15, 0.2) is 11.2 Å². The molecule has 1 amide bonds. The summed E-state index contributed by atoms with van der Waals surface area (Å²) in [5.74, 6) is -0.153. The van der Waals surface area contributed by atoms with E-state index in [1.54, 1.807) is 4.90 Å². The molecule has 2 aromatic carbocycles. The van der Waals surface area contributed by atoms with E-state index < -0.39 is 0 Å². The first-order valence-corrected chi connectivity index (χ1v) is 9.65. The molecule has 0 saturated carbocycles. The van der Waals surface area contributed by atoms with Crippen LogP contribution in [0.3, 0.4) is 0 Å². The van der Waals surface area contributed by atoms with Crippen molar-refractivity contribution < 1.29 is 9.21 Å². The molecule has 1 saturated heterocycles. The van der Waals surface area contributed by atoms with E-state index >= 15 is 0 Å². The number of fused-ring (bicyclic) bond motifs is 1. The Balaban J connectivity index is 1.54. The number of hydrogen-bond acceptors (Lipinski definition) is 4. The predicted molar refractivity (Wildman–Crippen MR) is 112 cm³/mol. The molecule has 0 bridgehead atoms. The highest BCUT2D eigenvalue weighted by Gasteiger charge is 2.25. The number of piperazine rings is 1. The largest absolute Gasteiger partial charge is 0.451 e. The van der Waals surface area contributed by atoms with Crippen LogP contribution in [-0.2, 0) is 0 Å². The Morgan fingerprint density at radius 3 is 2.43 bits per heavy atom. The third kappa shape index (κ3) is 3.50. The van der Waals surface area contributed by atoms with E-state index in [4.69, 9.17) is 16.0 Å². The molecule has 5 nitrogen and oxygen atoms in total. The predicted octanol–water partition coefficient (Wildman–Crippen LogP) is 4.03. The molecule has 1 aliphatic heterocycles. The van der Waals surface area contributed by atoms with Gasteiger partial charge in [-0.2, -0.15) is 0 Å². The van der Waals surface area contributed by atoms with Gasteiger partial charge < -0.3 is 14.2 Å². The minimum Gasteiger partial charge on any atom is -0.451 e. The van der Waals surface area contributed by atoms with Gasteiger partial charge in [0.1, 0.15) is 5.58 Å². The smallest absolute Gasteiger partial charge is 0.289 e. The molecule has 0 atom stereocenters. The van der Waals surface area contributed by atoms with Gasteiger partial charge in [-0.1, -0.05) is 17.7 Å². The lowest BCUT2D eigenvalue weighted by molar-refractivity contribution is 0.0715. The SMILES string of the molecule is Cc1cc2oc(C(=O)N3CCN(c4cccc(Cl)c4)CC3)cc(=O)c2cc1C. The average Bonchev–Trinajstić information content (AvgIpc) is 2.69. The summed E-state index contributed by atoms with van der Waals surface area (Å²) in [6.45, 7) is 6.41. The molecule has 28 heavy (non-hydrogen) atoms. The van der Waals surface area contributed by atoms with Crippen LogP contribution in [0.25, 0.3) is 11.0 Å². The van der Waals surface area contributed by atoms with Crippen LogP contribution >= 0.6 is 11.6 Å². The van der Waals surface area contributed by atoms with Gasteiger partial charge in [-0.15, -0.1) is 0 Å². The molecule has 1 aliphatic rings. The molecular formula is C22H21ClN2O3. The topological polar surface area (TPSA) is 53.8 Å². The average molecular weight is 397 g/mol. The number of benzene rings is 2. The van der Waals surface area contributed by atoms with Crippen molar-refractivity contribution >= 4 is 34.2 Å². The van der Waals surface area contributed by atoms with Crippen molar-refractivity contribution in [1.82, 2.24) is 4.90 Å². The summed E-state index contributed by atoms with van der Waals surface area (Å²) in [7, 11) is 0. The first kappa shape index (κ1) is 18.6. The molecule has 2 heterocycles. The third-order valence-corrected chi connectivity index (χ3v) is 5.53. The van der Waals surface area contributed by atoms with Crippen molar-refractivity contribution in [2.45, 2.75) is 13.8 Å². The molecule has 0 radical (unpaired) electrons. The van der Waals surface area contributed by atoms with E-state index in [1.807, 2.05) is 50.2 Å². The molecule has 4 rings (SSSR count). The lowest BCUT2D eigenvalue weighted by Gasteiger charge is -2.35. The first-order chi connectivity index (χ1) is 13.4. The van der Waals surface area contributed by atoms with Crippen molar-refractivity contribution in [2.24, 2.45) is 0 Å². The quantitative estimate of drug-likeness (QED) is 0.656. The van der Waals surface area contributed by atoms with Crippen molar-refractivity contribution in [1.29, 1.82) is 0 Å². The number of aryl methyl sites for hydroxylation is 2. The molecule has 1 aromatic heterocycles. The van der Waals surface area contributed by atoms with Crippen LogP contribution in [0.4, 0.5) is 5.69 Å². The van der Waals surface area contributed by atoms with Gasteiger partial charge in [-0.3, -0.25) is 9.59 Å². The van der Waals surface area contributed by atoms with Crippen LogP contribution in [0, 0.1) is 13.8 Å². The summed E-state index contributed by atoms with van der Waals surface area (Å²) in [5.41, 5.74) is 3.36.